The Labute approximate surface area is 90.8 Å². The fourth-order valence-corrected chi connectivity index (χ4v) is 1.64. The standard InChI is InChI=1S/C7H6Br2F2N2/c8-2-5-3(6(10)11)1-4(9)7(12)13-5/h1,6H,2H2,(H2,12,13). The Morgan fingerprint density at radius 1 is 1.54 bits per heavy atom. The van der Waals surface area contributed by atoms with Crippen LogP contribution in [0.2, 0.25) is 0 Å². The number of hydrogen-bond donors (Lipinski definition) is 1. The van der Waals surface area contributed by atoms with Gasteiger partial charge in [-0.15, -0.1) is 0 Å². The average Bonchev–Trinajstić information content (AvgIpc) is 2.08. The molecular formula is C7H6Br2F2N2. The molecule has 0 fully saturated rings. The van der Waals surface area contributed by atoms with E-state index in [0.717, 1.165) is 0 Å². The number of nitrogens with zero attached hydrogens (tertiary/aromatic N) is 1. The predicted molar refractivity (Wildman–Crippen MR) is 53.9 cm³/mol. The van der Waals surface area contributed by atoms with Gasteiger partial charge in [0.2, 0.25) is 0 Å². The average molecular weight is 316 g/mol. The Morgan fingerprint density at radius 3 is 2.62 bits per heavy atom. The van der Waals surface area contributed by atoms with Gasteiger partial charge in [0.1, 0.15) is 5.82 Å². The molecule has 0 radical (unpaired) electrons. The van der Waals surface area contributed by atoms with Gasteiger partial charge in [-0.1, -0.05) is 15.9 Å². The maximum atomic E-state index is 12.4. The number of nitrogen functional groups attached to an aromatic ring is 1. The summed E-state index contributed by atoms with van der Waals surface area (Å²) in [5.41, 5.74) is 5.62. The van der Waals surface area contributed by atoms with Gasteiger partial charge in [0.05, 0.1) is 10.2 Å². The van der Waals surface area contributed by atoms with Gasteiger partial charge in [-0.25, -0.2) is 13.8 Å². The van der Waals surface area contributed by atoms with Gasteiger partial charge in [0, 0.05) is 10.9 Å². The van der Waals surface area contributed by atoms with Gasteiger partial charge in [-0.05, 0) is 22.0 Å². The monoisotopic (exact) mass is 314 g/mol. The van der Waals surface area contributed by atoms with Crippen LogP contribution in [0, 0.1) is 0 Å². The molecule has 0 aliphatic rings. The minimum atomic E-state index is -2.53. The van der Waals surface area contributed by atoms with E-state index in [9.17, 15) is 8.78 Å². The minimum absolute atomic E-state index is 0.0991. The van der Waals surface area contributed by atoms with Gasteiger partial charge in [-0.3, -0.25) is 0 Å². The molecule has 13 heavy (non-hydrogen) atoms. The highest BCUT2D eigenvalue weighted by molar-refractivity contribution is 9.10. The quantitative estimate of drug-likeness (QED) is 0.851. The molecule has 6 heteroatoms. The number of hydrogen-bond acceptors (Lipinski definition) is 2. The first-order chi connectivity index (χ1) is 6.06. The number of alkyl halides is 3. The van der Waals surface area contributed by atoms with Crippen LogP contribution in [0.4, 0.5) is 14.6 Å². The van der Waals surface area contributed by atoms with Crippen molar-refractivity contribution in [3.63, 3.8) is 0 Å². The molecule has 72 valence electrons. The molecular weight excluding hydrogens is 310 g/mol. The van der Waals surface area contributed by atoms with Crippen molar-refractivity contribution in [3.05, 3.63) is 21.8 Å². The van der Waals surface area contributed by atoms with Crippen LogP contribution in [-0.4, -0.2) is 4.98 Å². The van der Waals surface area contributed by atoms with Crippen LogP contribution in [0.25, 0.3) is 0 Å². The van der Waals surface area contributed by atoms with E-state index in [-0.39, 0.29) is 22.4 Å². The van der Waals surface area contributed by atoms with E-state index in [0.29, 0.717) is 4.47 Å². The first kappa shape index (κ1) is 10.8. The molecule has 1 heterocycles. The van der Waals surface area contributed by atoms with Crippen LogP contribution in [0.3, 0.4) is 0 Å². The highest BCUT2D eigenvalue weighted by atomic mass is 79.9. The summed E-state index contributed by atoms with van der Waals surface area (Å²) in [4.78, 5) is 3.82. The fourth-order valence-electron chi connectivity index (χ4n) is 0.853. The van der Waals surface area contributed by atoms with Crippen molar-refractivity contribution < 1.29 is 8.78 Å². The zero-order valence-electron chi connectivity index (χ0n) is 6.40. The molecule has 1 rings (SSSR count). The summed E-state index contributed by atoms with van der Waals surface area (Å²) in [5.74, 6) is 0.221. The third kappa shape index (κ3) is 2.37. The molecule has 0 unspecified atom stereocenters. The van der Waals surface area contributed by atoms with Crippen molar-refractivity contribution in [1.29, 1.82) is 0 Å². The maximum Gasteiger partial charge on any atom is 0.265 e. The molecule has 2 nitrogen and oxygen atoms in total. The number of nitrogens with two attached hydrogens (primary N) is 1. The fraction of sp³-hybridized carbons (Fsp3) is 0.286. The van der Waals surface area contributed by atoms with E-state index in [1.807, 2.05) is 0 Å². The third-order valence-corrected chi connectivity index (χ3v) is 2.64. The molecule has 0 aliphatic heterocycles. The van der Waals surface area contributed by atoms with Crippen LogP contribution >= 0.6 is 31.9 Å². The van der Waals surface area contributed by atoms with E-state index in [1.165, 1.54) is 6.07 Å². The topological polar surface area (TPSA) is 38.9 Å². The van der Waals surface area contributed by atoms with Crippen LogP contribution in [0.5, 0.6) is 0 Å². The van der Waals surface area contributed by atoms with E-state index >= 15 is 0 Å². The predicted octanol–water partition coefficient (Wildman–Crippen LogP) is 3.26. The number of aromatic nitrogens is 1. The molecule has 0 saturated heterocycles. The lowest BCUT2D eigenvalue weighted by Gasteiger charge is -2.07. The lowest BCUT2D eigenvalue weighted by molar-refractivity contribution is 0.150. The number of pyridine rings is 1. The normalized spacial score (nSPS) is 10.8. The molecule has 0 saturated carbocycles. The summed E-state index contributed by atoms with van der Waals surface area (Å²) < 4.78 is 25.2. The first-order valence-electron chi connectivity index (χ1n) is 3.35. The minimum Gasteiger partial charge on any atom is -0.383 e. The molecule has 1 aromatic heterocycles. The number of anilines is 1. The van der Waals surface area contributed by atoms with Gasteiger partial charge in [0.15, 0.2) is 0 Å². The van der Waals surface area contributed by atoms with Crippen molar-refractivity contribution in [1.82, 2.24) is 4.98 Å². The highest BCUT2D eigenvalue weighted by Gasteiger charge is 2.15. The van der Waals surface area contributed by atoms with Gasteiger partial charge in [0.25, 0.3) is 6.43 Å². The second-order valence-electron chi connectivity index (χ2n) is 2.33. The summed E-state index contributed by atoms with van der Waals surface area (Å²) >= 11 is 6.11. The maximum absolute atomic E-state index is 12.4. The van der Waals surface area contributed by atoms with Crippen molar-refractivity contribution in [2.45, 2.75) is 11.8 Å². The first-order valence-corrected chi connectivity index (χ1v) is 5.26. The highest BCUT2D eigenvalue weighted by Crippen LogP contribution is 2.29. The zero-order valence-corrected chi connectivity index (χ0v) is 9.57. The van der Waals surface area contributed by atoms with Crippen LogP contribution in [0.15, 0.2) is 10.5 Å². The molecule has 1 aromatic rings. The van der Waals surface area contributed by atoms with Crippen molar-refractivity contribution in [2.75, 3.05) is 5.73 Å². The summed E-state index contributed by atoms with van der Waals surface area (Å²) in [6.07, 6.45) is -2.53. The Kier molecular flexibility index (Phi) is 3.61. The second-order valence-corrected chi connectivity index (χ2v) is 3.74. The van der Waals surface area contributed by atoms with Crippen molar-refractivity contribution >= 4 is 37.7 Å². The van der Waals surface area contributed by atoms with E-state index in [1.54, 1.807) is 0 Å². The smallest absolute Gasteiger partial charge is 0.265 e. The van der Waals surface area contributed by atoms with Gasteiger partial charge in [-0.2, -0.15) is 0 Å². The summed E-state index contributed by atoms with van der Waals surface area (Å²) in [6, 6.07) is 1.30. The van der Waals surface area contributed by atoms with Crippen molar-refractivity contribution in [3.8, 4) is 0 Å². The largest absolute Gasteiger partial charge is 0.383 e. The Hall–Kier alpha value is -0.230. The number of rotatable bonds is 2. The summed E-state index contributed by atoms with van der Waals surface area (Å²) in [7, 11) is 0. The zero-order chi connectivity index (χ0) is 10.0. The molecule has 0 bridgehead atoms. The molecule has 0 atom stereocenters. The van der Waals surface area contributed by atoms with Gasteiger partial charge >= 0.3 is 0 Å². The van der Waals surface area contributed by atoms with Crippen molar-refractivity contribution in [2.24, 2.45) is 0 Å². The van der Waals surface area contributed by atoms with E-state index < -0.39 is 6.43 Å². The Bertz CT molecular complexity index is 318. The number of halogens is 4. The SMILES string of the molecule is Nc1nc(CBr)c(C(F)F)cc1Br. The summed E-state index contributed by atoms with van der Waals surface area (Å²) in [6.45, 7) is 0. The molecule has 2 N–H and O–H groups in total. The van der Waals surface area contributed by atoms with Crippen LogP contribution in [-0.2, 0) is 5.33 Å². The lowest BCUT2D eigenvalue weighted by atomic mass is 10.2. The van der Waals surface area contributed by atoms with Crippen LogP contribution < -0.4 is 5.73 Å². The molecule has 0 spiro atoms. The van der Waals surface area contributed by atoms with E-state index in [4.69, 9.17) is 5.73 Å². The second kappa shape index (κ2) is 4.32. The summed E-state index contributed by atoms with van der Waals surface area (Å²) in [5, 5.41) is 0.268. The molecule has 0 aromatic carbocycles. The third-order valence-electron chi connectivity index (χ3n) is 1.48. The van der Waals surface area contributed by atoms with E-state index in [2.05, 4.69) is 36.8 Å². The van der Waals surface area contributed by atoms with Crippen LogP contribution in [0.1, 0.15) is 17.7 Å². The Balaban J connectivity index is 3.25. The molecule has 0 aliphatic carbocycles. The Morgan fingerprint density at radius 2 is 2.15 bits per heavy atom. The lowest BCUT2D eigenvalue weighted by Crippen LogP contribution is -2.01. The van der Waals surface area contributed by atoms with Gasteiger partial charge < -0.3 is 5.73 Å². The molecule has 0 amide bonds.